The molecule has 5 heteroatoms. The molecule has 3 heterocycles. The number of nitrogens with zero attached hydrogens (tertiary/aromatic N) is 2. The molecule has 0 amide bonds. The summed E-state index contributed by atoms with van der Waals surface area (Å²) in [7, 11) is 0. The van der Waals surface area contributed by atoms with Crippen molar-refractivity contribution in [3.63, 3.8) is 0 Å². The Morgan fingerprint density at radius 2 is 1.90 bits per heavy atom. The van der Waals surface area contributed by atoms with Crippen molar-refractivity contribution < 1.29 is 14.6 Å². The molecule has 1 saturated heterocycles. The standard InChI is InChI=1S/C16H18N2O3/c1-11-2-4-13(17-6-11)14-5-3-12(7-18-14)8-21-16-10-20-9-15(16)19/h2-7,15-16,19H,8-10H2,1H3/t15-,16-/m0/s1. The summed E-state index contributed by atoms with van der Waals surface area (Å²) in [5.41, 5.74) is 3.78. The Bertz CT molecular complexity index is 583. The summed E-state index contributed by atoms with van der Waals surface area (Å²) < 4.78 is 10.8. The van der Waals surface area contributed by atoms with E-state index in [1.165, 1.54) is 0 Å². The van der Waals surface area contributed by atoms with Crippen LogP contribution in [0.4, 0.5) is 0 Å². The number of rotatable bonds is 4. The average Bonchev–Trinajstić information content (AvgIpc) is 2.92. The fourth-order valence-corrected chi connectivity index (χ4v) is 2.17. The molecular formula is C16H18N2O3. The Morgan fingerprint density at radius 3 is 2.48 bits per heavy atom. The van der Waals surface area contributed by atoms with E-state index < -0.39 is 6.10 Å². The number of hydrogen-bond acceptors (Lipinski definition) is 5. The Kier molecular flexibility index (Phi) is 4.24. The maximum atomic E-state index is 9.61. The van der Waals surface area contributed by atoms with Crippen LogP contribution < -0.4 is 0 Å². The van der Waals surface area contributed by atoms with Crippen LogP contribution in [0.5, 0.6) is 0 Å². The lowest BCUT2D eigenvalue weighted by Crippen LogP contribution is -2.26. The Balaban J connectivity index is 1.62. The SMILES string of the molecule is Cc1ccc(-c2ccc(CO[C@H]3COC[C@@H]3O)cn2)nc1. The first-order valence-corrected chi connectivity index (χ1v) is 6.98. The van der Waals surface area contributed by atoms with Crippen molar-refractivity contribution in [3.05, 3.63) is 47.8 Å². The van der Waals surface area contributed by atoms with Crippen molar-refractivity contribution in [2.45, 2.75) is 25.7 Å². The topological polar surface area (TPSA) is 64.5 Å². The third kappa shape index (κ3) is 3.44. The molecule has 0 radical (unpaired) electrons. The lowest BCUT2D eigenvalue weighted by Gasteiger charge is -2.13. The first kappa shape index (κ1) is 14.1. The van der Waals surface area contributed by atoms with Crippen LogP contribution in [-0.2, 0) is 16.1 Å². The molecular weight excluding hydrogens is 268 g/mol. The smallest absolute Gasteiger partial charge is 0.109 e. The fraction of sp³-hybridized carbons (Fsp3) is 0.375. The van der Waals surface area contributed by atoms with Crippen molar-refractivity contribution >= 4 is 0 Å². The van der Waals surface area contributed by atoms with Gasteiger partial charge in [0.05, 0.1) is 31.2 Å². The second-order valence-electron chi connectivity index (χ2n) is 5.23. The zero-order valence-electron chi connectivity index (χ0n) is 11.9. The Labute approximate surface area is 123 Å². The van der Waals surface area contributed by atoms with Crippen LogP contribution in [0.15, 0.2) is 36.7 Å². The van der Waals surface area contributed by atoms with Gasteiger partial charge in [-0.2, -0.15) is 0 Å². The van der Waals surface area contributed by atoms with E-state index in [4.69, 9.17) is 9.47 Å². The Morgan fingerprint density at radius 1 is 1.14 bits per heavy atom. The van der Waals surface area contributed by atoms with E-state index in [2.05, 4.69) is 9.97 Å². The number of aliphatic hydroxyl groups excluding tert-OH is 1. The maximum absolute atomic E-state index is 9.61. The third-order valence-electron chi connectivity index (χ3n) is 3.46. The van der Waals surface area contributed by atoms with Crippen molar-refractivity contribution in [2.24, 2.45) is 0 Å². The highest BCUT2D eigenvalue weighted by atomic mass is 16.6. The van der Waals surface area contributed by atoms with Gasteiger partial charge in [-0.15, -0.1) is 0 Å². The van der Waals surface area contributed by atoms with Gasteiger partial charge in [0.15, 0.2) is 0 Å². The maximum Gasteiger partial charge on any atom is 0.109 e. The largest absolute Gasteiger partial charge is 0.388 e. The van der Waals surface area contributed by atoms with Gasteiger partial charge >= 0.3 is 0 Å². The second-order valence-corrected chi connectivity index (χ2v) is 5.23. The van der Waals surface area contributed by atoms with Gasteiger partial charge in [-0.1, -0.05) is 12.1 Å². The van der Waals surface area contributed by atoms with E-state index in [-0.39, 0.29) is 6.10 Å². The molecule has 1 fully saturated rings. The van der Waals surface area contributed by atoms with Gasteiger partial charge in [0.1, 0.15) is 12.2 Å². The van der Waals surface area contributed by atoms with Gasteiger partial charge < -0.3 is 14.6 Å². The summed E-state index contributed by atoms with van der Waals surface area (Å²) in [6.07, 6.45) is 2.83. The summed E-state index contributed by atoms with van der Waals surface area (Å²) in [4.78, 5) is 8.76. The molecule has 1 aliphatic rings. The quantitative estimate of drug-likeness (QED) is 0.927. The van der Waals surface area contributed by atoms with Crippen molar-refractivity contribution in [2.75, 3.05) is 13.2 Å². The summed E-state index contributed by atoms with van der Waals surface area (Å²) in [5.74, 6) is 0. The van der Waals surface area contributed by atoms with E-state index in [1.54, 1.807) is 6.20 Å². The average molecular weight is 286 g/mol. The minimum Gasteiger partial charge on any atom is -0.388 e. The number of hydrogen-bond donors (Lipinski definition) is 1. The van der Waals surface area contributed by atoms with E-state index in [0.717, 1.165) is 22.5 Å². The van der Waals surface area contributed by atoms with Crippen molar-refractivity contribution in [1.82, 2.24) is 9.97 Å². The summed E-state index contributed by atoms with van der Waals surface area (Å²) >= 11 is 0. The molecule has 5 nitrogen and oxygen atoms in total. The van der Waals surface area contributed by atoms with E-state index >= 15 is 0 Å². The third-order valence-corrected chi connectivity index (χ3v) is 3.46. The molecule has 110 valence electrons. The van der Waals surface area contributed by atoms with Gasteiger partial charge in [-0.3, -0.25) is 9.97 Å². The summed E-state index contributed by atoms with van der Waals surface area (Å²) in [6.45, 7) is 3.21. The van der Waals surface area contributed by atoms with Crippen molar-refractivity contribution in [3.8, 4) is 11.4 Å². The molecule has 0 aliphatic carbocycles. The molecule has 2 atom stereocenters. The zero-order valence-corrected chi connectivity index (χ0v) is 11.9. The fourth-order valence-electron chi connectivity index (χ4n) is 2.17. The van der Waals surface area contributed by atoms with Crippen LogP contribution >= 0.6 is 0 Å². The molecule has 0 unspecified atom stereocenters. The normalized spacial score (nSPS) is 21.6. The minimum atomic E-state index is -0.533. The molecule has 0 bridgehead atoms. The minimum absolute atomic E-state index is 0.247. The molecule has 21 heavy (non-hydrogen) atoms. The molecule has 0 spiro atoms. The van der Waals surface area contributed by atoms with Crippen LogP contribution in [0.2, 0.25) is 0 Å². The van der Waals surface area contributed by atoms with Gasteiger partial charge in [-0.25, -0.2) is 0 Å². The lowest BCUT2D eigenvalue weighted by molar-refractivity contribution is -0.0189. The number of aliphatic hydroxyl groups is 1. The molecule has 2 aromatic rings. The van der Waals surface area contributed by atoms with Crippen LogP contribution in [-0.4, -0.2) is 40.5 Å². The molecule has 0 aromatic carbocycles. The van der Waals surface area contributed by atoms with Crippen LogP contribution in [0.3, 0.4) is 0 Å². The molecule has 0 saturated carbocycles. The second kappa shape index (κ2) is 6.30. The number of aromatic nitrogens is 2. The van der Waals surface area contributed by atoms with Gasteiger partial charge in [0.2, 0.25) is 0 Å². The predicted molar refractivity (Wildman–Crippen MR) is 77.6 cm³/mol. The first-order chi connectivity index (χ1) is 10.2. The first-order valence-electron chi connectivity index (χ1n) is 6.98. The van der Waals surface area contributed by atoms with Crippen molar-refractivity contribution in [1.29, 1.82) is 0 Å². The van der Waals surface area contributed by atoms with Gasteiger partial charge in [0.25, 0.3) is 0 Å². The zero-order chi connectivity index (χ0) is 14.7. The highest BCUT2D eigenvalue weighted by Gasteiger charge is 2.26. The van der Waals surface area contributed by atoms with Gasteiger partial charge in [-0.05, 0) is 30.2 Å². The van der Waals surface area contributed by atoms with E-state index in [9.17, 15) is 5.11 Å². The lowest BCUT2D eigenvalue weighted by atomic mass is 10.2. The highest BCUT2D eigenvalue weighted by molar-refractivity contribution is 5.53. The summed E-state index contributed by atoms with van der Waals surface area (Å²) in [6, 6.07) is 7.87. The number of ether oxygens (including phenoxy) is 2. The molecule has 3 rings (SSSR count). The highest BCUT2D eigenvalue weighted by Crippen LogP contribution is 2.16. The van der Waals surface area contributed by atoms with Crippen LogP contribution in [0.25, 0.3) is 11.4 Å². The molecule has 1 aliphatic heterocycles. The summed E-state index contributed by atoms with van der Waals surface area (Å²) in [5, 5.41) is 9.61. The number of pyridine rings is 2. The van der Waals surface area contributed by atoms with E-state index in [1.807, 2.05) is 37.4 Å². The molecule has 2 aromatic heterocycles. The van der Waals surface area contributed by atoms with Crippen LogP contribution in [0.1, 0.15) is 11.1 Å². The monoisotopic (exact) mass is 286 g/mol. The Hall–Kier alpha value is -1.82. The number of aryl methyl sites for hydroxylation is 1. The van der Waals surface area contributed by atoms with Gasteiger partial charge in [0, 0.05) is 12.4 Å². The molecule has 1 N–H and O–H groups in total. The van der Waals surface area contributed by atoms with E-state index in [0.29, 0.717) is 19.8 Å². The predicted octanol–water partition coefficient (Wildman–Crippen LogP) is 1.73. The van der Waals surface area contributed by atoms with Crippen LogP contribution in [0, 0.1) is 6.92 Å².